The molecule has 3 N–H and O–H groups in total. The number of thiophene rings is 1. The minimum absolute atomic E-state index is 0.0961. The first-order chi connectivity index (χ1) is 9.22. The Hall–Kier alpha value is -0.470. The summed E-state index contributed by atoms with van der Waals surface area (Å²) < 4.78 is 33.3. The van der Waals surface area contributed by atoms with E-state index in [9.17, 15) is 8.42 Å². The van der Waals surface area contributed by atoms with Crippen LogP contribution in [0.25, 0.3) is 0 Å². The average Bonchev–Trinajstić information content (AvgIpc) is 2.76. The molecule has 2 atom stereocenters. The largest absolute Gasteiger partial charge is 0.381 e. The van der Waals surface area contributed by atoms with E-state index in [2.05, 4.69) is 4.72 Å². The van der Waals surface area contributed by atoms with Crippen LogP contribution in [0.1, 0.15) is 30.7 Å². The van der Waals surface area contributed by atoms with Crippen molar-refractivity contribution in [3.8, 4) is 0 Å². The van der Waals surface area contributed by atoms with Crippen LogP contribution in [0.2, 0.25) is 0 Å². The minimum Gasteiger partial charge on any atom is -0.381 e. The molecule has 5 nitrogen and oxygen atoms in total. The van der Waals surface area contributed by atoms with Gasteiger partial charge < -0.3 is 10.5 Å². The molecule has 1 heterocycles. The second-order valence-electron chi connectivity index (χ2n) is 5.83. The smallest absolute Gasteiger partial charge is 0.250 e. The highest BCUT2D eigenvalue weighted by molar-refractivity contribution is 7.91. The zero-order chi connectivity index (χ0) is 15.1. The quantitative estimate of drug-likeness (QED) is 0.864. The molecular weight excluding hydrogens is 296 g/mol. The van der Waals surface area contributed by atoms with Crippen LogP contribution in [-0.4, -0.2) is 27.7 Å². The van der Waals surface area contributed by atoms with Crippen LogP contribution >= 0.6 is 11.3 Å². The number of hydrogen-bond acceptors (Lipinski definition) is 5. The summed E-state index contributed by atoms with van der Waals surface area (Å²) in [6.07, 6.45) is 0.802. The van der Waals surface area contributed by atoms with Crippen LogP contribution in [0.3, 0.4) is 0 Å². The fourth-order valence-corrected chi connectivity index (χ4v) is 5.44. The fraction of sp³-hybridized carbons (Fsp3) is 0.692. The Morgan fingerprint density at radius 3 is 2.65 bits per heavy atom. The van der Waals surface area contributed by atoms with E-state index < -0.39 is 10.0 Å². The van der Waals surface area contributed by atoms with E-state index in [4.69, 9.17) is 10.5 Å². The first-order valence-electron chi connectivity index (χ1n) is 6.57. The summed E-state index contributed by atoms with van der Waals surface area (Å²) in [7, 11) is -1.82. The highest BCUT2D eigenvalue weighted by Gasteiger charge is 2.50. The summed E-state index contributed by atoms with van der Waals surface area (Å²) >= 11 is 1.24. The van der Waals surface area contributed by atoms with Crippen molar-refractivity contribution in [1.82, 2.24) is 4.72 Å². The lowest BCUT2D eigenvalue weighted by Crippen LogP contribution is -2.61. The Labute approximate surface area is 124 Å². The lowest BCUT2D eigenvalue weighted by molar-refractivity contribution is -0.0908. The standard InChI is InChI=1S/C13H22N2O3S2/c1-8-5-12(19-9(8)7-14)20(16,17)15-10-6-11(18-4)13(10,2)3/h5,10-11,15H,6-7,14H2,1-4H3. The van der Waals surface area contributed by atoms with E-state index in [-0.39, 0.29) is 17.6 Å². The highest BCUT2D eigenvalue weighted by atomic mass is 32.2. The molecule has 1 saturated carbocycles. The third kappa shape index (κ3) is 2.65. The van der Waals surface area contributed by atoms with Crippen LogP contribution in [0.5, 0.6) is 0 Å². The van der Waals surface area contributed by atoms with Crippen molar-refractivity contribution in [3.63, 3.8) is 0 Å². The summed E-state index contributed by atoms with van der Waals surface area (Å²) in [5, 5.41) is 0. The molecule has 1 aliphatic carbocycles. The van der Waals surface area contributed by atoms with Gasteiger partial charge in [-0.2, -0.15) is 0 Å². The molecule has 1 aliphatic rings. The maximum absolute atomic E-state index is 12.4. The van der Waals surface area contributed by atoms with Gasteiger partial charge in [-0.25, -0.2) is 13.1 Å². The Morgan fingerprint density at radius 1 is 1.55 bits per heavy atom. The number of ether oxygens (including phenoxy) is 1. The van der Waals surface area contributed by atoms with Crippen molar-refractivity contribution >= 4 is 21.4 Å². The summed E-state index contributed by atoms with van der Waals surface area (Å²) in [6.45, 7) is 6.28. The van der Waals surface area contributed by atoms with Gasteiger partial charge in [0.2, 0.25) is 10.0 Å². The van der Waals surface area contributed by atoms with Gasteiger partial charge in [-0.3, -0.25) is 0 Å². The number of sulfonamides is 1. The molecule has 0 aromatic carbocycles. The van der Waals surface area contributed by atoms with Gasteiger partial charge in [0.15, 0.2) is 0 Å². The molecule has 1 fully saturated rings. The van der Waals surface area contributed by atoms with Crippen molar-refractivity contribution in [2.24, 2.45) is 11.1 Å². The molecule has 0 bridgehead atoms. The molecule has 0 spiro atoms. The molecule has 0 radical (unpaired) electrons. The monoisotopic (exact) mass is 318 g/mol. The van der Waals surface area contributed by atoms with Gasteiger partial charge >= 0.3 is 0 Å². The van der Waals surface area contributed by atoms with Gasteiger partial charge in [0, 0.05) is 30.0 Å². The molecule has 0 saturated heterocycles. The van der Waals surface area contributed by atoms with Crippen LogP contribution in [0.15, 0.2) is 10.3 Å². The predicted octanol–water partition coefficient (Wildman–Crippen LogP) is 1.61. The maximum Gasteiger partial charge on any atom is 0.250 e. The molecule has 1 aromatic heterocycles. The van der Waals surface area contributed by atoms with Gasteiger partial charge in [0.05, 0.1) is 6.10 Å². The molecule has 7 heteroatoms. The van der Waals surface area contributed by atoms with Gasteiger partial charge in [-0.15, -0.1) is 11.3 Å². The van der Waals surface area contributed by atoms with Gasteiger partial charge in [0.25, 0.3) is 0 Å². The average molecular weight is 318 g/mol. The van der Waals surface area contributed by atoms with Gasteiger partial charge in [0.1, 0.15) is 4.21 Å². The number of nitrogens with two attached hydrogens (primary N) is 1. The van der Waals surface area contributed by atoms with Gasteiger partial charge in [-0.1, -0.05) is 13.8 Å². The topological polar surface area (TPSA) is 81.4 Å². The van der Waals surface area contributed by atoms with Gasteiger partial charge in [-0.05, 0) is 25.0 Å². The first-order valence-corrected chi connectivity index (χ1v) is 8.87. The molecule has 114 valence electrons. The minimum atomic E-state index is -3.48. The van der Waals surface area contributed by atoms with E-state index >= 15 is 0 Å². The Bertz CT molecular complexity index is 593. The van der Waals surface area contributed by atoms with Crippen molar-refractivity contribution in [2.75, 3.05) is 7.11 Å². The predicted molar refractivity (Wildman–Crippen MR) is 80.3 cm³/mol. The summed E-state index contributed by atoms with van der Waals surface area (Å²) in [5.41, 5.74) is 6.35. The zero-order valence-electron chi connectivity index (χ0n) is 12.3. The normalized spacial score (nSPS) is 25.4. The molecule has 1 aromatic rings. The SMILES string of the molecule is COC1CC(NS(=O)(=O)c2cc(C)c(CN)s2)C1(C)C. The van der Waals surface area contributed by atoms with Crippen molar-refractivity contribution < 1.29 is 13.2 Å². The van der Waals surface area contributed by atoms with Crippen molar-refractivity contribution in [3.05, 3.63) is 16.5 Å². The lowest BCUT2D eigenvalue weighted by atomic mass is 9.65. The molecule has 0 aliphatic heterocycles. The zero-order valence-corrected chi connectivity index (χ0v) is 13.9. The third-order valence-corrected chi connectivity index (χ3v) is 7.41. The molecule has 2 rings (SSSR count). The van der Waals surface area contributed by atoms with Crippen molar-refractivity contribution in [2.45, 2.75) is 50.1 Å². The second kappa shape index (κ2) is 5.38. The maximum atomic E-state index is 12.4. The van der Waals surface area contributed by atoms with Crippen LogP contribution in [0, 0.1) is 12.3 Å². The van der Waals surface area contributed by atoms with Crippen molar-refractivity contribution in [1.29, 1.82) is 0 Å². The highest BCUT2D eigenvalue weighted by Crippen LogP contribution is 2.43. The molecule has 20 heavy (non-hydrogen) atoms. The third-order valence-electron chi connectivity index (χ3n) is 4.21. The van der Waals surface area contributed by atoms with E-state index in [1.807, 2.05) is 20.8 Å². The van der Waals surface area contributed by atoms with E-state index in [0.717, 1.165) is 10.4 Å². The number of nitrogens with one attached hydrogen (secondary N) is 1. The molecular formula is C13H22N2O3S2. The fourth-order valence-electron chi connectivity index (χ4n) is 2.55. The van der Waals surface area contributed by atoms with Crippen LogP contribution in [0.4, 0.5) is 0 Å². The second-order valence-corrected chi connectivity index (χ2v) is 8.91. The number of methoxy groups -OCH3 is 1. The Kier molecular flexibility index (Phi) is 4.28. The Balaban J connectivity index is 2.16. The molecule has 2 unspecified atom stereocenters. The van der Waals surface area contributed by atoms with E-state index in [1.54, 1.807) is 13.2 Å². The Morgan fingerprint density at radius 2 is 2.20 bits per heavy atom. The van der Waals surface area contributed by atoms with E-state index in [0.29, 0.717) is 17.2 Å². The number of hydrogen-bond donors (Lipinski definition) is 2. The van der Waals surface area contributed by atoms with E-state index in [1.165, 1.54) is 11.3 Å². The molecule has 0 amide bonds. The number of rotatable bonds is 5. The van der Waals surface area contributed by atoms with Crippen LogP contribution in [-0.2, 0) is 21.3 Å². The summed E-state index contributed by atoms with van der Waals surface area (Å²) in [6, 6.07) is 1.59. The summed E-state index contributed by atoms with van der Waals surface area (Å²) in [5.74, 6) is 0. The van der Waals surface area contributed by atoms with Crippen LogP contribution < -0.4 is 10.5 Å². The first kappa shape index (κ1) is 15.9. The lowest BCUT2D eigenvalue weighted by Gasteiger charge is -2.50. The number of aryl methyl sites for hydroxylation is 1. The summed E-state index contributed by atoms with van der Waals surface area (Å²) in [4.78, 5) is 0.910.